The van der Waals surface area contributed by atoms with Gasteiger partial charge in [0.05, 0.1) is 18.5 Å². The van der Waals surface area contributed by atoms with Crippen LogP contribution in [0.3, 0.4) is 0 Å². The summed E-state index contributed by atoms with van der Waals surface area (Å²) in [6.45, 7) is 0.471. The number of nitrogens with one attached hydrogen (secondary N) is 1. The van der Waals surface area contributed by atoms with E-state index in [9.17, 15) is 4.79 Å². The highest BCUT2D eigenvalue weighted by Gasteiger charge is 2.17. The van der Waals surface area contributed by atoms with Gasteiger partial charge in [-0.25, -0.2) is 0 Å². The fourth-order valence-corrected chi connectivity index (χ4v) is 2.06. The molecular weight excluding hydrogens is 270 g/mol. The van der Waals surface area contributed by atoms with Gasteiger partial charge in [0.2, 0.25) is 0 Å². The van der Waals surface area contributed by atoms with Gasteiger partial charge in [0.1, 0.15) is 5.69 Å². The number of aromatic amines is 1. The number of aryl methyl sites for hydroxylation is 1. The second kappa shape index (κ2) is 5.28. The summed E-state index contributed by atoms with van der Waals surface area (Å²) in [5, 5.41) is 10.9. The first-order valence-corrected chi connectivity index (χ1v) is 6.47. The van der Waals surface area contributed by atoms with Gasteiger partial charge in [-0.15, -0.1) is 0 Å². The number of rotatable bonds is 4. The van der Waals surface area contributed by atoms with E-state index in [0.717, 1.165) is 5.69 Å². The van der Waals surface area contributed by atoms with E-state index in [1.54, 1.807) is 47.3 Å². The molecule has 0 radical (unpaired) electrons. The Balaban J connectivity index is 1.74. The van der Waals surface area contributed by atoms with E-state index >= 15 is 0 Å². The summed E-state index contributed by atoms with van der Waals surface area (Å²) < 4.78 is 7.01. The first kappa shape index (κ1) is 13.2. The molecule has 21 heavy (non-hydrogen) atoms. The Morgan fingerprint density at radius 3 is 3.00 bits per heavy atom. The van der Waals surface area contributed by atoms with Crippen LogP contribution in [0.25, 0.3) is 11.5 Å². The fourth-order valence-electron chi connectivity index (χ4n) is 2.06. The molecule has 0 bridgehead atoms. The molecule has 7 nitrogen and oxygen atoms in total. The van der Waals surface area contributed by atoms with Crippen LogP contribution in [-0.2, 0) is 13.6 Å². The van der Waals surface area contributed by atoms with E-state index in [4.69, 9.17) is 4.42 Å². The molecule has 3 aromatic rings. The van der Waals surface area contributed by atoms with Crippen LogP contribution in [0.5, 0.6) is 0 Å². The lowest BCUT2D eigenvalue weighted by atomic mass is 10.2. The Hall–Kier alpha value is -2.83. The standard InChI is InChI=1S/C14H15N5O2/c1-18(9-10-5-6-15-19(10)2)14(20)12-8-11(16-17-12)13-4-3-7-21-13/h3-8H,9H2,1-2H3,(H,16,17). The van der Waals surface area contributed by atoms with Gasteiger partial charge in [-0.2, -0.15) is 10.2 Å². The summed E-state index contributed by atoms with van der Waals surface area (Å²) in [6.07, 6.45) is 3.28. The number of carbonyl (C=O) groups excluding carboxylic acids is 1. The lowest BCUT2D eigenvalue weighted by molar-refractivity contribution is 0.0776. The summed E-state index contributed by atoms with van der Waals surface area (Å²) in [5.41, 5.74) is 1.98. The summed E-state index contributed by atoms with van der Waals surface area (Å²) in [4.78, 5) is 13.9. The molecule has 0 atom stereocenters. The Bertz CT molecular complexity index is 741. The SMILES string of the molecule is CN(Cc1ccnn1C)C(=O)c1cc(-c2ccco2)[nH]n1. The maximum atomic E-state index is 12.3. The number of furan rings is 1. The number of carbonyl (C=O) groups is 1. The number of hydrogen-bond donors (Lipinski definition) is 1. The molecule has 1 N–H and O–H groups in total. The van der Waals surface area contributed by atoms with E-state index in [-0.39, 0.29) is 5.91 Å². The van der Waals surface area contributed by atoms with Crippen LogP contribution in [0.15, 0.2) is 41.1 Å². The minimum absolute atomic E-state index is 0.162. The molecule has 3 aromatic heterocycles. The molecule has 0 saturated heterocycles. The van der Waals surface area contributed by atoms with Crippen molar-refractivity contribution < 1.29 is 9.21 Å². The van der Waals surface area contributed by atoms with Crippen molar-refractivity contribution in [1.82, 2.24) is 24.9 Å². The second-order valence-corrected chi connectivity index (χ2v) is 4.75. The molecule has 1 amide bonds. The Morgan fingerprint density at radius 2 is 2.33 bits per heavy atom. The minimum Gasteiger partial charge on any atom is -0.463 e. The van der Waals surface area contributed by atoms with Crippen LogP contribution in [0.2, 0.25) is 0 Å². The number of nitrogens with zero attached hydrogens (tertiary/aromatic N) is 4. The minimum atomic E-state index is -0.162. The van der Waals surface area contributed by atoms with Gasteiger partial charge in [0.25, 0.3) is 5.91 Å². The van der Waals surface area contributed by atoms with Crippen molar-refractivity contribution in [2.75, 3.05) is 7.05 Å². The molecule has 0 unspecified atom stereocenters. The molecule has 0 aliphatic rings. The average molecular weight is 285 g/mol. The van der Waals surface area contributed by atoms with Crippen molar-refractivity contribution in [2.24, 2.45) is 7.05 Å². The van der Waals surface area contributed by atoms with E-state index in [0.29, 0.717) is 23.7 Å². The smallest absolute Gasteiger partial charge is 0.274 e. The quantitative estimate of drug-likeness (QED) is 0.790. The van der Waals surface area contributed by atoms with Crippen LogP contribution in [0, 0.1) is 0 Å². The van der Waals surface area contributed by atoms with Crippen molar-refractivity contribution in [2.45, 2.75) is 6.54 Å². The number of aromatic nitrogens is 4. The highest BCUT2D eigenvalue weighted by atomic mass is 16.3. The van der Waals surface area contributed by atoms with Gasteiger partial charge in [-0.3, -0.25) is 14.6 Å². The van der Waals surface area contributed by atoms with Crippen molar-refractivity contribution in [3.8, 4) is 11.5 Å². The topological polar surface area (TPSA) is 80.0 Å². The monoisotopic (exact) mass is 285 g/mol. The molecule has 0 aliphatic carbocycles. The van der Waals surface area contributed by atoms with Crippen molar-refractivity contribution in [3.63, 3.8) is 0 Å². The third-order valence-corrected chi connectivity index (χ3v) is 3.25. The molecule has 108 valence electrons. The summed E-state index contributed by atoms with van der Waals surface area (Å²) >= 11 is 0. The highest BCUT2D eigenvalue weighted by Crippen LogP contribution is 2.18. The van der Waals surface area contributed by atoms with Gasteiger partial charge in [-0.1, -0.05) is 0 Å². The Labute approximate surface area is 121 Å². The zero-order valence-electron chi connectivity index (χ0n) is 11.8. The molecule has 3 rings (SSSR count). The van der Waals surface area contributed by atoms with E-state index in [1.165, 1.54) is 0 Å². The summed E-state index contributed by atoms with van der Waals surface area (Å²) in [5.74, 6) is 0.487. The van der Waals surface area contributed by atoms with E-state index in [1.807, 2.05) is 13.1 Å². The summed E-state index contributed by atoms with van der Waals surface area (Å²) in [7, 11) is 3.58. The van der Waals surface area contributed by atoms with Crippen LogP contribution in [0.4, 0.5) is 0 Å². The molecular formula is C14H15N5O2. The maximum Gasteiger partial charge on any atom is 0.274 e. The predicted molar refractivity (Wildman–Crippen MR) is 75.3 cm³/mol. The lowest BCUT2D eigenvalue weighted by Crippen LogP contribution is -2.27. The van der Waals surface area contributed by atoms with Gasteiger partial charge in [0, 0.05) is 26.4 Å². The van der Waals surface area contributed by atoms with Crippen molar-refractivity contribution in [3.05, 3.63) is 48.1 Å². The number of H-pyrrole nitrogens is 1. The van der Waals surface area contributed by atoms with Crippen molar-refractivity contribution >= 4 is 5.91 Å². The van der Waals surface area contributed by atoms with Crippen LogP contribution < -0.4 is 0 Å². The summed E-state index contributed by atoms with van der Waals surface area (Å²) in [6, 6.07) is 7.15. The third-order valence-electron chi connectivity index (χ3n) is 3.25. The largest absolute Gasteiger partial charge is 0.463 e. The van der Waals surface area contributed by atoms with Crippen molar-refractivity contribution in [1.29, 1.82) is 0 Å². The molecule has 3 heterocycles. The highest BCUT2D eigenvalue weighted by molar-refractivity contribution is 5.93. The van der Waals surface area contributed by atoms with Crippen LogP contribution in [-0.4, -0.2) is 37.8 Å². The molecule has 0 aromatic carbocycles. The van der Waals surface area contributed by atoms with Gasteiger partial charge >= 0.3 is 0 Å². The molecule has 0 spiro atoms. The van der Waals surface area contributed by atoms with Crippen LogP contribution >= 0.6 is 0 Å². The van der Waals surface area contributed by atoms with Gasteiger partial charge in [-0.05, 0) is 18.2 Å². The first-order valence-electron chi connectivity index (χ1n) is 6.47. The van der Waals surface area contributed by atoms with E-state index in [2.05, 4.69) is 15.3 Å². The van der Waals surface area contributed by atoms with Gasteiger partial charge in [0.15, 0.2) is 11.5 Å². The zero-order valence-corrected chi connectivity index (χ0v) is 11.8. The predicted octanol–water partition coefficient (Wildman–Crippen LogP) is 1.68. The van der Waals surface area contributed by atoms with Gasteiger partial charge < -0.3 is 9.32 Å². The van der Waals surface area contributed by atoms with E-state index < -0.39 is 0 Å². The molecule has 0 fully saturated rings. The first-order chi connectivity index (χ1) is 10.1. The molecule has 0 aliphatic heterocycles. The zero-order chi connectivity index (χ0) is 14.8. The Kier molecular flexibility index (Phi) is 3.31. The Morgan fingerprint density at radius 1 is 1.48 bits per heavy atom. The number of hydrogen-bond acceptors (Lipinski definition) is 4. The average Bonchev–Trinajstić information content (AvgIpc) is 3.18. The molecule has 0 saturated carbocycles. The lowest BCUT2D eigenvalue weighted by Gasteiger charge is -2.15. The third kappa shape index (κ3) is 2.58. The molecule has 7 heteroatoms. The fraction of sp³-hybridized carbons (Fsp3) is 0.214. The second-order valence-electron chi connectivity index (χ2n) is 4.75. The van der Waals surface area contributed by atoms with Crippen LogP contribution in [0.1, 0.15) is 16.2 Å². The maximum absolute atomic E-state index is 12.3. The number of amides is 1. The normalized spacial score (nSPS) is 10.8.